The van der Waals surface area contributed by atoms with Crippen molar-refractivity contribution >= 4 is 0 Å². The predicted molar refractivity (Wildman–Crippen MR) is 41.0 cm³/mol. The maximum atomic E-state index is 10.0. The molecule has 0 saturated heterocycles. The quantitative estimate of drug-likeness (QED) is 0.499. The van der Waals surface area contributed by atoms with Crippen LogP contribution in [-0.2, 0) is 4.84 Å². The largest absolute Gasteiger partial charge is 0.388 e. The molecule has 1 N–H and O–H groups in total. The minimum absolute atomic E-state index is 0.563. The van der Waals surface area contributed by atoms with E-state index in [4.69, 9.17) is 0 Å². The second kappa shape index (κ2) is 3.26. The van der Waals surface area contributed by atoms with Crippen molar-refractivity contribution in [2.45, 2.75) is 44.3 Å². The SMILES string of the molecule is CC1(O)CCCCC1O[N+](=O)[O-]. The van der Waals surface area contributed by atoms with Crippen molar-refractivity contribution < 1.29 is 15.0 Å². The Balaban J connectivity index is 2.54. The lowest BCUT2D eigenvalue weighted by molar-refractivity contribution is -0.773. The van der Waals surface area contributed by atoms with Gasteiger partial charge in [0.15, 0.2) is 0 Å². The Morgan fingerprint density at radius 3 is 2.83 bits per heavy atom. The Morgan fingerprint density at radius 2 is 2.33 bits per heavy atom. The van der Waals surface area contributed by atoms with Gasteiger partial charge in [-0.3, -0.25) is 0 Å². The monoisotopic (exact) mass is 175 g/mol. The third-order valence-corrected chi connectivity index (χ3v) is 2.31. The van der Waals surface area contributed by atoms with E-state index in [1.807, 2.05) is 0 Å². The Kier molecular flexibility index (Phi) is 2.52. The molecule has 2 atom stereocenters. The molecule has 1 aliphatic rings. The molecule has 0 bridgehead atoms. The molecule has 1 rings (SSSR count). The van der Waals surface area contributed by atoms with Crippen LogP contribution in [0.1, 0.15) is 32.6 Å². The lowest BCUT2D eigenvalue weighted by Gasteiger charge is -2.34. The van der Waals surface area contributed by atoms with Gasteiger partial charge in [-0.15, -0.1) is 10.1 Å². The summed E-state index contributed by atoms with van der Waals surface area (Å²) in [5.74, 6) is 0. The second-order valence-electron chi connectivity index (χ2n) is 3.42. The molecule has 0 heterocycles. The van der Waals surface area contributed by atoms with E-state index in [1.165, 1.54) is 0 Å². The molecule has 0 radical (unpaired) electrons. The molecule has 0 aromatic rings. The number of rotatable bonds is 2. The smallest absolute Gasteiger partial charge is 0.294 e. The van der Waals surface area contributed by atoms with Crippen molar-refractivity contribution in [3.8, 4) is 0 Å². The van der Waals surface area contributed by atoms with E-state index >= 15 is 0 Å². The van der Waals surface area contributed by atoms with Gasteiger partial charge in [0.25, 0.3) is 5.09 Å². The number of nitrogens with zero attached hydrogens (tertiary/aromatic N) is 1. The van der Waals surface area contributed by atoms with Crippen LogP contribution in [0.2, 0.25) is 0 Å². The Bertz CT molecular complexity index is 180. The van der Waals surface area contributed by atoms with Crippen LogP contribution in [0.15, 0.2) is 0 Å². The Hall–Kier alpha value is -0.840. The lowest BCUT2D eigenvalue weighted by atomic mass is 9.84. The van der Waals surface area contributed by atoms with Gasteiger partial charge in [-0.1, -0.05) is 12.8 Å². The fourth-order valence-corrected chi connectivity index (χ4v) is 1.55. The molecular weight excluding hydrogens is 162 g/mol. The van der Waals surface area contributed by atoms with Crippen LogP contribution in [0.25, 0.3) is 0 Å². The van der Waals surface area contributed by atoms with Crippen molar-refractivity contribution in [2.24, 2.45) is 0 Å². The highest BCUT2D eigenvalue weighted by molar-refractivity contribution is 4.86. The Morgan fingerprint density at radius 1 is 1.67 bits per heavy atom. The van der Waals surface area contributed by atoms with E-state index in [9.17, 15) is 15.2 Å². The van der Waals surface area contributed by atoms with E-state index in [-0.39, 0.29) is 0 Å². The van der Waals surface area contributed by atoms with Crippen molar-refractivity contribution in [1.82, 2.24) is 0 Å². The van der Waals surface area contributed by atoms with E-state index in [0.717, 1.165) is 12.8 Å². The fourth-order valence-electron chi connectivity index (χ4n) is 1.55. The van der Waals surface area contributed by atoms with Crippen LogP contribution in [0.5, 0.6) is 0 Å². The molecule has 0 aromatic heterocycles. The third-order valence-electron chi connectivity index (χ3n) is 2.31. The van der Waals surface area contributed by atoms with Crippen LogP contribution in [0.4, 0.5) is 0 Å². The summed E-state index contributed by atoms with van der Waals surface area (Å²) in [5, 5.41) is 18.9. The molecule has 0 aliphatic heterocycles. The first-order chi connectivity index (χ1) is 5.52. The second-order valence-corrected chi connectivity index (χ2v) is 3.42. The summed E-state index contributed by atoms with van der Waals surface area (Å²) in [6.45, 7) is 1.58. The number of aliphatic hydroxyl groups is 1. The summed E-state index contributed by atoms with van der Waals surface area (Å²) in [6.07, 6.45) is 2.28. The molecule has 0 amide bonds. The summed E-state index contributed by atoms with van der Waals surface area (Å²) in [6, 6.07) is 0. The molecule has 5 heteroatoms. The standard InChI is InChI=1S/C7H13NO4/c1-7(9)5-3-2-4-6(7)12-8(10)11/h6,9H,2-5H2,1H3. The number of hydrogen-bond donors (Lipinski definition) is 1. The first-order valence-electron chi connectivity index (χ1n) is 4.06. The van der Waals surface area contributed by atoms with Crippen LogP contribution in [0, 0.1) is 10.1 Å². The third kappa shape index (κ3) is 2.07. The highest BCUT2D eigenvalue weighted by atomic mass is 17.0. The zero-order valence-electron chi connectivity index (χ0n) is 7.02. The first kappa shape index (κ1) is 9.25. The summed E-state index contributed by atoms with van der Waals surface area (Å²) >= 11 is 0. The fraction of sp³-hybridized carbons (Fsp3) is 1.00. The average molecular weight is 175 g/mol. The topological polar surface area (TPSA) is 72.6 Å². The van der Waals surface area contributed by atoms with Gasteiger partial charge in [-0.05, 0) is 19.8 Å². The molecular formula is C7H13NO4. The molecule has 5 nitrogen and oxygen atoms in total. The summed E-state index contributed by atoms with van der Waals surface area (Å²) in [5.41, 5.74) is -1.04. The predicted octanol–water partition coefficient (Wildman–Crippen LogP) is 0.888. The summed E-state index contributed by atoms with van der Waals surface area (Å²) in [4.78, 5) is 14.4. The van der Waals surface area contributed by atoms with Crippen LogP contribution in [0.3, 0.4) is 0 Å². The molecule has 1 saturated carbocycles. The maximum absolute atomic E-state index is 10.0. The van der Waals surface area contributed by atoms with E-state index in [2.05, 4.69) is 4.84 Å². The number of hydrogen-bond acceptors (Lipinski definition) is 4. The van der Waals surface area contributed by atoms with Crippen molar-refractivity contribution in [3.63, 3.8) is 0 Å². The average Bonchev–Trinajstić information content (AvgIpc) is 1.92. The van der Waals surface area contributed by atoms with Crippen LogP contribution in [-0.4, -0.2) is 21.9 Å². The molecule has 1 fully saturated rings. The molecule has 0 spiro atoms. The van der Waals surface area contributed by atoms with Crippen LogP contribution >= 0.6 is 0 Å². The first-order valence-corrected chi connectivity index (χ1v) is 4.06. The zero-order chi connectivity index (χ0) is 9.19. The highest BCUT2D eigenvalue weighted by Gasteiger charge is 2.37. The van der Waals surface area contributed by atoms with Gasteiger partial charge >= 0.3 is 0 Å². The maximum Gasteiger partial charge on any atom is 0.294 e. The highest BCUT2D eigenvalue weighted by Crippen LogP contribution is 2.30. The van der Waals surface area contributed by atoms with Crippen LogP contribution < -0.4 is 0 Å². The summed E-state index contributed by atoms with van der Waals surface area (Å²) < 4.78 is 0. The molecule has 2 unspecified atom stereocenters. The van der Waals surface area contributed by atoms with E-state index in [1.54, 1.807) is 6.92 Å². The van der Waals surface area contributed by atoms with Crippen molar-refractivity contribution in [1.29, 1.82) is 0 Å². The Labute approximate surface area is 70.4 Å². The van der Waals surface area contributed by atoms with Crippen molar-refractivity contribution in [2.75, 3.05) is 0 Å². The molecule has 1 aliphatic carbocycles. The molecule has 12 heavy (non-hydrogen) atoms. The minimum atomic E-state index is -1.04. The molecule has 70 valence electrons. The van der Waals surface area contributed by atoms with Gasteiger partial charge in [0.2, 0.25) is 0 Å². The van der Waals surface area contributed by atoms with Gasteiger partial charge in [-0.2, -0.15) is 0 Å². The minimum Gasteiger partial charge on any atom is -0.388 e. The molecule has 0 aromatic carbocycles. The lowest BCUT2D eigenvalue weighted by Crippen LogP contribution is -2.44. The zero-order valence-corrected chi connectivity index (χ0v) is 7.02. The van der Waals surface area contributed by atoms with E-state index < -0.39 is 16.8 Å². The van der Waals surface area contributed by atoms with Gasteiger partial charge in [0.1, 0.15) is 6.10 Å². The van der Waals surface area contributed by atoms with Crippen molar-refractivity contribution in [3.05, 3.63) is 10.1 Å². The normalized spacial score (nSPS) is 36.0. The van der Waals surface area contributed by atoms with Gasteiger partial charge in [-0.25, -0.2) is 0 Å². The van der Waals surface area contributed by atoms with Gasteiger partial charge < -0.3 is 9.94 Å². The summed E-state index contributed by atoms with van der Waals surface area (Å²) in [7, 11) is 0. The van der Waals surface area contributed by atoms with Gasteiger partial charge in [0, 0.05) is 0 Å². The van der Waals surface area contributed by atoms with E-state index in [0.29, 0.717) is 12.8 Å². The van der Waals surface area contributed by atoms with Gasteiger partial charge in [0.05, 0.1) is 5.60 Å².